The molecule has 2 rings (SSSR count). The van der Waals surface area contributed by atoms with Crippen LogP contribution in [0.5, 0.6) is 0 Å². The smallest absolute Gasteiger partial charge is 0.418 e. The van der Waals surface area contributed by atoms with Gasteiger partial charge in [0.15, 0.2) is 0 Å². The molecule has 0 saturated carbocycles. The molecule has 108 valence electrons. The minimum Gasteiger partial charge on any atom is -0.467 e. The molecule has 0 unspecified atom stereocenters. The Balaban J connectivity index is 2.34. The van der Waals surface area contributed by atoms with Gasteiger partial charge in [-0.25, -0.2) is 0 Å². The molecule has 0 aliphatic heterocycles. The van der Waals surface area contributed by atoms with Crippen molar-refractivity contribution in [3.05, 3.63) is 53.5 Å². The van der Waals surface area contributed by atoms with Gasteiger partial charge < -0.3 is 14.4 Å². The average Bonchev–Trinajstić information content (AvgIpc) is 2.89. The Kier molecular flexibility index (Phi) is 4.04. The minimum atomic E-state index is -4.47. The molecule has 1 heterocycles. The summed E-state index contributed by atoms with van der Waals surface area (Å²) >= 11 is 0. The summed E-state index contributed by atoms with van der Waals surface area (Å²) in [4.78, 5) is 1.46. The number of aliphatic hydroxyl groups excluding tert-OH is 1. The van der Waals surface area contributed by atoms with Gasteiger partial charge in [0.25, 0.3) is 0 Å². The van der Waals surface area contributed by atoms with Crippen molar-refractivity contribution in [3.63, 3.8) is 0 Å². The van der Waals surface area contributed by atoms with Gasteiger partial charge in [-0.1, -0.05) is 6.07 Å². The second-order valence-electron chi connectivity index (χ2n) is 4.44. The van der Waals surface area contributed by atoms with Gasteiger partial charge >= 0.3 is 6.18 Å². The van der Waals surface area contributed by atoms with Crippen LogP contribution in [0, 0.1) is 0 Å². The first-order valence-electron chi connectivity index (χ1n) is 5.96. The zero-order valence-corrected chi connectivity index (χ0v) is 10.8. The molecule has 0 aliphatic rings. The van der Waals surface area contributed by atoms with Crippen molar-refractivity contribution in [2.75, 3.05) is 11.9 Å². The van der Waals surface area contributed by atoms with E-state index in [0.29, 0.717) is 5.76 Å². The number of hydrogen-bond donors (Lipinski definition) is 1. The maximum atomic E-state index is 13.1. The molecule has 6 heteroatoms. The molecule has 0 bridgehead atoms. The molecule has 0 atom stereocenters. The Hall–Kier alpha value is -1.95. The molecule has 0 radical (unpaired) electrons. The van der Waals surface area contributed by atoms with Crippen LogP contribution in [0.2, 0.25) is 0 Å². The first kappa shape index (κ1) is 14.5. The molecule has 1 aromatic heterocycles. The van der Waals surface area contributed by atoms with Gasteiger partial charge in [-0.05, 0) is 29.8 Å². The number of rotatable bonds is 4. The summed E-state index contributed by atoms with van der Waals surface area (Å²) in [6.07, 6.45) is -3.00. The second-order valence-corrected chi connectivity index (χ2v) is 4.44. The fourth-order valence-electron chi connectivity index (χ4n) is 1.96. The van der Waals surface area contributed by atoms with E-state index in [4.69, 9.17) is 9.52 Å². The average molecular weight is 285 g/mol. The highest BCUT2D eigenvalue weighted by Crippen LogP contribution is 2.37. The highest BCUT2D eigenvalue weighted by atomic mass is 19.4. The third-order valence-corrected chi connectivity index (χ3v) is 2.93. The third kappa shape index (κ3) is 3.14. The molecule has 0 aliphatic carbocycles. The second kappa shape index (κ2) is 5.58. The molecule has 3 nitrogen and oxygen atoms in total. The lowest BCUT2D eigenvalue weighted by Crippen LogP contribution is -2.21. The molecular weight excluding hydrogens is 271 g/mol. The van der Waals surface area contributed by atoms with Crippen LogP contribution < -0.4 is 4.90 Å². The van der Waals surface area contributed by atoms with E-state index in [1.54, 1.807) is 19.2 Å². The Labute approximate surface area is 114 Å². The molecule has 1 aromatic carbocycles. The van der Waals surface area contributed by atoms with E-state index in [0.717, 1.165) is 6.07 Å². The first-order valence-corrected chi connectivity index (χ1v) is 5.96. The number of nitrogens with zero attached hydrogens (tertiary/aromatic N) is 1. The van der Waals surface area contributed by atoms with E-state index >= 15 is 0 Å². The van der Waals surface area contributed by atoms with Crippen LogP contribution in [0.1, 0.15) is 16.9 Å². The van der Waals surface area contributed by atoms with Crippen molar-refractivity contribution in [3.8, 4) is 0 Å². The molecule has 2 aromatic rings. The van der Waals surface area contributed by atoms with E-state index in [9.17, 15) is 13.2 Å². The zero-order valence-electron chi connectivity index (χ0n) is 10.8. The normalized spacial score (nSPS) is 11.7. The first-order chi connectivity index (χ1) is 9.41. The highest BCUT2D eigenvalue weighted by molar-refractivity contribution is 5.56. The van der Waals surface area contributed by atoms with Gasteiger partial charge in [0.2, 0.25) is 0 Å². The van der Waals surface area contributed by atoms with Crippen LogP contribution in [-0.4, -0.2) is 12.2 Å². The molecule has 0 spiro atoms. The standard InChI is InChI=1S/C14H14F3NO2/c1-18(8-11-3-2-6-20-11)13-5-4-10(9-19)7-12(13)14(15,16)17/h2-7,19H,8-9H2,1H3. The molecule has 0 saturated heterocycles. The summed E-state index contributed by atoms with van der Waals surface area (Å²) in [5, 5.41) is 8.97. The number of aliphatic hydroxyl groups is 1. The maximum absolute atomic E-state index is 13.1. The van der Waals surface area contributed by atoms with Gasteiger partial charge in [-0.3, -0.25) is 0 Å². The van der Waals surface area contributed by atoms with Gasteiger partial charge in [0, 0.05) is 12.7 Å². The fraction of sp³-hybridized carbons (Fsp3) is 0.286. The third-order valence-electron chi connectivity index (χ3n) is 2.93. The lowest BCUT2D eigenvalue weighted by molar-refractivity contribution is -0.137. The number of halogens is 3. The van der Waals surface area contributed by atoms with Crippen molar-refractivity contribution in [2.24, 2.45) is 0 Å². The van der Waals surface area contributed by atoms with Crippen LogP contribution >= 0.6 is 0 Å². The van der Waals surface area contributed by atoms with Crippen LogP contribution in [0.4, 0.5) is 18.9 Å². The van der Waals surface area contributed by atoms with Crippen molar-refractivity contribution in [2.45, 2.75) is 19.3 Å². The molecule has 0 fully saturated rings. The molecule has 20 heavy (non-hydrogen) atoms. The predicted octanol–water partition coefficient (Wildman–Crippen LogP) is 3.43. The highest BCUT2D eigenvalue weighted by Gasteiger charge is 2.34. The van der Waals surface area contributed by atoms with E-state index in [1.807, 2.05) is 0 Å². The SMILES string of the molecule is CN(Cc1ccco1)c1ccc(CO)cc1C(F)(F)F. The number of anilines is 1. The number of benzene rings is 1. The largest absolute Gasteiger partial charge is 0.467 e. The Morgan fingerprint density at radius 1 is 1.25 bits per heavy atom. The van der Waals surface area contributed by atoms with Crippen molar-refractivity contribution in [1.29, 1.82) is 0 Å². The lowest BCUT2D eigenvalue weighted by atomic mass is 10.1. The quantitative estimate of drug-likeness (QED) is 0.935. The maximum Gasteiger partial charge on any atom is 0.418 e. The van der Waals surface area contributed by atoms with E-state index in [1.165, 1.54) is 23.3 Å². The number of alkyl halides is 3. The van der Waals surface area contributed by atoms with Crippen LogP contribution in [0.15, 0.2) is 41.0 Å². The van der Waals surface area contributed by atoms with Crippen LogP contribution in [-0.2, 0) is 19.3 Å². The van der Waals surface area contributed by atoms with Crippen molar-refractivity contribution < 1.29 is 22.7 Å². The van der Waals surface area contributed by atoms with Crippen molar-refractivity contribution >= 4 is 5.69 Å². The summed E-state index contributed by atoms with van der Waals surface area (Å²) < 4.78 is 44.3. The lowest BCUT2D eigenvalue weighted by Gasteiger charge is -2.23. The van der Waals surface area contributed by atoms with E-state index < -0.39 is 18.3 Å². The summed E-state index contributed by atoms with van der Waals surface area (Å²) in [6, 6.07) is 7.18. The molecular formula is C14H14F3NO2. The predicted molar refractivity (Wildman–Crippen MR) is 68.2 cm³/mol. The van der Waals surface area contributed by atoms with Gasteiger partial charge in [-0.2, -0.15) is 13.2 Å². The minimum absolute atomic E-state index is 0.0473. The summed E-state index contributed by atoms with van der Waals surface area (Å²) in [6.45, 7) is -0.195. The Morgan fingerprint density at radius 3 is 2.55 bits per heavy atom. The Morgan fingerprint density at radius 2 is 2.00 bits per heavy atom. The van der Waals surface area contributed by atoms with Crippen LogP contribution in [0.3, 0.4) is 0 Å². The molecule has 0 amide bonds. The number of hydrogen-bond acceptors (Lipinski definition) is 3. The Bertz CT molecular complexity index is 564. The van der Waals surface area contributed by atoms with Gasteiger partial charge in [0.1, 0.15) is 5.76 Å². The summed E-state index contributed by atoms with van der Waals surface area (Å²) in [5.41, 5.74) is -0.489. The topological polar surface area (TPSA) is 36.6 Å². The van der Waals surface area contributed by atoms with Crippen LogP contribution in [0.25, 0.3) is 0 Å². The number of furan rings is 1. The van der Waals surface area contributed by atoms with Crippen molar-refractivity contribution in [1.82, 2.24) is 0 Å². The van der Waals surface area contributed by atoms with E-state index in [-0.39, 0.29) is 17.8 Å². The monoisotopic (exact) mass is 285 g/mol. The summed E-state index contributed by atoms with van der Waals surface area (Å²) in [7, 11) is 1.56. The van der Waals surface area contributed by atoms with Gasteiger partial charge in [-0.15, -0.1) is 0 Å². The van der Waals surface area contributed by atoms with Gasteiger partial charge in [0.05, 0.1) is 25.0 Å². The molecule has 1 N–H and O–H groups in total. The zero-order chi connectivity index (χ0) is 14.8. The van der Waals surface area contributed by atoms with E-state index in [2.05, 4.69) is 0 Å². The summed E-state index contributed by atoms with van der Waals surface area (Å²) in [5.74, 6) is 0.576. The fourth-order valence-corrected chi connectivity index (χ4v) is 1.96.